The first-order chi connectivity index (χ1) is 8.26. The maximum absolute atomic E-state index is 11.1. The molecule has 92 valence electrons. The minimum absolute atomic E-state index is 0.638. The third-order valence-electron chi connectivity index (χ3n) is 3.06. The van der Waals surface area contributed by atoms with E-state index in [1.54, 1.807) is 0 Å². The van der Waals surface area contributed by atoms with Gasteiger partial charge in [-0.2, -0.15) is 11.8 Å². The first kappa shape index (κ1) is 12.8. The second-order valence-corrected chi connectivity index (χ2v) is 5.96. The summed E-state index contributed by atoms with van der Waals surface area (Å²) in [6.07, 6.45) is 2.05. The van der Waals surface area contributed by atoms with Gasteiger partial charge in [0.05, 0.1) is 10.7 Å². The summed E-state index contributed by atoms with van der Waals surface area (Å²) in [7, 11) is 0. The van der Waals surface area contributed by atoms with Gasteiger partial charge in [-0.1, -0.05) is 24.6 Å². The Morgan fingerprint density at radius 1 is 1.59 bits per heavy atom. The van der Waals surface area contributed by atoms with Crippen molar-refractivity contribution in [1.82, 2.24) is 0 Å². The number of aldehydes is 1. The Bertz CT molecular complexity index is 410. The molecule has 1 atom stereocenters. The number of carbonyl (C=O) groups excluding carboxylic acids is 1. The number of rotatable bonds is 3. The highest BCUT2D eigenvalue weighted by atomic mass is 35.5. The van der Waals surface area contributed by atoms with E-state index in [9.17, 15) is 4.79 Å². The van der Waals surface area contributed by atoms with Gasteiger partial charge in [0.1, 0.15) is 0 Å². The molecule has 0 amide bonds. The normalized spacial score (nSPS) is 20.4. The van der Waals surface area contributed by atoms with Crippen LogP contribution in [0, 0.1) is 0 Å². The van der Waals surface area contributed by atoms with Crippen LogP contribution in [0.5, 0.6) is 0 Å². The van der Waals surface area contributed by atoms with Gasteiger partial charge in [-0.15, -0.1) is 0 Å². The van der Waals surface area contributed by atoms with Gasteiger partial charge in [0, 0.05) is 29.7 Å². The number of benzene rings is 1. The van der Waals surface area contributed by atoms with Crippen LogP contribution < -0.4 is 4.90 Å². The molecule has 0 radical (unpaired) electrons. The third kappa shape index (κ3) is 2.78. The quantitative estimate of drug-likeness (QED) is 0.784. The van der Waals surface area contributed by atoms with Crippen molar-refractivity contribution in [3.05, 3.63) is 28.8 Å². The van der Waals surface area contributed by atoms with E-state index in [1.807, 2.05) is 30.0 Å². The minimum atomic E-state index is 0.638. The molecule has 1 aromatic rings. The Morgan fingerprint density at radius 2 is 2.41 bits per heavy atom. The summed E-state index contributed by atoms with van der Waals surface area (Å²) in [6.45, 7) is 4.14. The summed E-state index contributed by atoms with van der Waals surface area (Å²) < 4.78 is 0. The predicted octanol–water partition coefficient (Wildman–Crippen LogP) is 3.48. The first-order valence-corrected chi connectivity index (χ1v) is 7.29. The zero-order valence-corrected chi connectivity index (χ0v) is 11.4. The maximum Gasteiger partial charge on any atom is 0.152 e. The van der Waals surface area contributed by atoms with Gasteiger partial charge >= 0.3 is 0 Å². The largest absolute Gasteiger partial charge is 0.368 e. The van der Waals surface area contributed by atoms with Crippen molar-refractivity contribution >= 4 is 35.3 Å². The number of halogens is 1. The second-order valence-electron chi connectivity index (χ2n) is 4.14. The monoisotopic (exact) mass is 269 g/mol. The van der Waals surface area contributed by atoms with Gasteiger partial charge in [0.2, 0.25) is 0 Å². The van der Waals surface area contributed by atoms with Crippen LogP contribution in [0.2, 0.25) is 5.02 Å². The summed E-state index contributed by atoms with van der Waals surface area (Å²) in [5.74, 6) is 1.10. The highest BCUT2D eigenvalue weighted by molar-refractivity contribution is 8.00. The first-order valence-electron chi connectivity index (χ1n) is 5.86. The molecule has 17 heavy (non-hydrogen) atoms. The molecular formula is C13H16ClNOS. The predicted molar refractivity (Wildman–Crippen MR) is 75.6 cm³/mol. The molecule has 1 aliphatic rings. The smallest absolute Gasteiger partial charge is 0.152 e. The van der Waals surface area contributed by atoms with E-state index in [0.29, 0.717) is 15.8 Å². The van der Waals surface area contributed by atoms with Crippen LogP contribution in [0.25, 0.3) is 0 Å². The van der Waals surface area contributed by atoms with E-state index in [0.717, 1.165) is 37.2 Å². The highest BCUT2D eigenvalue weighted by Gasteiger charge is 2.22. The Kier molecular flexibility index (Phi) is 4.35. The molecule has 0 spiro atoms. The van der Waals surface area contributed by atoms with Gasteiger partial charge in [0.25, 0.3) is 0 Å². The topological polar surface area (TPSA) is 20.3 Å². The lowest BCUT2D eigenvalue weighted by atomic mass is 10.1. The lowest BCUT2D eigenvalue weighted by Gasteiger charge is -2.34. The van der Waals surface area contributed by atoms with Crippen LogP contribution in [0.4, 0.5) is 5.69 Å². The van der Waals surface area contributed by atoms with Gasteiger partial charge in [-0.05, 0) is 18.6 Å². The molecule has 0 aliphatic carbocycles. The SMILES string of the molecule is CCC1CN(c2c(Cl)cccc2C=O)CCS1. The van der Waals surface area contributed by atoms with Crippen LogP contribution >= 0.6 is 23.4 Å². The van der Waals surface area contributed by atoms with E-state index in [-0.39, 0.29) is 0 Å². The van der Waals surface area contributed by atoms with Crippen LogP contribution in [-0.2, 0) is 0 Å². The molecule has 0 N–H and O–H groups in total. The summed E-state index contributed by atoms with van der Waals surface area (Å²) in [4.78, 5) is 13.3. The van der Waals surface area contributed by atoms with Crippen molar-refractivity contribution in [2.75, 3.05) is 23.7 Å². The number of thioether (sulfide) groups is 1. The molecule has 0 saturated carbocycles. The summed E-state index contributed by atoms with van der Waals surface area (Å²) in [5.41, 5.74) is 1.60. The summed E-state index contributed by atoms with van der Waals surface area (Å²) >= 11 is 8.23. The highest BCUT2D eigenvalue weighted by Crippen LogP contribution is 2.33. The van der Waals surface area contributed by atoms with E-state index in [2.05, 4.69) is 11.8 Å². The zero-order chi connectivity index (χ0) is 12.3. The van der Waals surface area contributed by atoms with Gasteiger partial charge < -0.3 is 4.90 Å². The number of carbonyl (C=O) groups is 1. The number of para-hydroxylation sites is 1. The number of nitrogens with zero attached hydrogens (tertiary/aromatic N) is 1. The Hall–Kier alpha value is -0.670. The average Bonchev–Trinajstić information content (AvgIpc) is 2.38. The average molecular weight is 270 g/mol. The van der Waals surface area contributed by atoms with Crippen LogP contribution in [0.1, 0.15) is 23.7 Å². The second kappa shape index (κ2) is 5.78. The molecular weight excluding hydrogens is 254 g/mol. The lowest BCUT2D eigenvalue weighted by molar-refractivity contribution is 0.112. The molecule has 1 fully saturated rings. The van der Waals surface area contributed by atoms with Crippen LogP contribution in [-0.4, -0.2) is 30.4 Å². The summed E-state index contributed by atoms with van der Waals surface area (Å²) in [5, 5.41) is 1.32. The molecule has 2 nitrogen and oxygen atoms in total. The Morgan fingerprint density at radius 3 is 3.12 bits per heavy atom. The third-order valence-corrected chi connectivity index (χ3v) is 4.73. The fourth-order valence-electron chi connectivity index (χ4n) is 2.13. The van der Waals surface area contributed by atoms with Crippen LogP contribution in [0.3, 0.4) is 0 Å². The van der Waals surface area contributed by atoms with Crippen molar-refractivity contribution in [3.63, 3.8) is 0 Å². The summed E-state index contributed by atoms with van der Waals surface area (Å²) in [6, 6.07) is 5.51. The van der Waals surface area contributed by atoms with E-state index in [4.69, 9.17) is 11.6 Å². The molecule has 2 rings (SSSR count). The Balaban J connectivity index is 2.29. The van der Waals surface area contributed by atoms with Gasteiger partial charge in [-0.25, -0.2) is 0 Å². The van der Waals surface area contributed by atoms with Crippen molar-refractivity contribution in [1.29, 1.82) is 0 Å². The van der Waals surface area contributed by atoms with E-state index < -0.39 is 0 Å². The molecule has 1 saturated heterocycles. The van der Waals surface area contributed by atoms with Crippen molar-refractivity contribution in [2.45, 2.75) is 18.6 Å². The van der Waals surface area contributed by atoms with Gasteiger partial charge in [0.15, 0.2) is 6.29 Å². The lowest BCUT2D eigenvalue weighted by Crippen LogP contribution is -2.38. The fraction of sp³-hybridized carbons (Fsp3) is 0.462. The standard InChI is InChI=1S/C13H16ClNOS/c1-2-11-8-15(6-7-17-11)13-10(9-16)4-3-5-12(13)14/h3-5,9,11H,2,6-8H2,1H3. The molecule has 1 unspecified atom stereocenters. The Labute approximate surface area is 111 Å². The van der Waals surface area contributed by atoms with Crippen molar-refractivity contribution in [2.24, 2.45) is 0 Å². The number of hydrogen-bond donors (Lipinski definition) is 0. The minimum Gasteiger partial charge on any atom is -0.368 e. The maximum atomic E-state index is 11.1. The molecule has 0 bridgehead atoms. The zero-order valence-electron chi connectivity index (χ0n) is 9.86. The molecule has 0 aromatic heterocycles. The molecule has 1 heterocycles. The van der Waals surface area contributed by atoms with Crippen molar-refractivity contribution < 1.29 is 4.79 Å². The van der Waals surface area contributed by atoms with E-state index >= 15 is 0 Å². The molecule has 1 aliphatic heterocycles. The van der Waals surface area contributed by atoms with Gasteiger partial charge in [-0.3, -0.25) is 4.79 Å². The molecule has 1 aromatic carbocycles. The van der Waals surface area contributed by atoms with Crippen LogP contribution in [0.15, 0.2) is 18.2 Å². The van der Waals surface area contributed by atoms with Crippen molar-refractivity contribution in [3.8, 4) is 0 Å². The number of anilines is 1. The fourth-order valence-corrected chi connectivity index (χ4v) is 3.61. The number of hydrogen-bond acceptors (Lipinski definition) is 3. The molecule has 4 heteroatoms. The van der Waals surface area contributed by atoms with E-state index in [1.165, 1.54) is 0 Å².